The molecule has 1 saturated heterocycles. The van der Waals surface area contributed by atoms with Crippen molar-refractivity contribution < 1.29 is 37.8 Å². The van der Waals surface area contributed by atoms with Crippen LogP contribution in [-0.4, -0.2) is 50.0 Å². The summed E-state index contributed by atoms with van der Waals surface area (Å²) in [6.45, 7) is 6.79. The number of nitrogens with zero attached hydrogens (tertiary/aromatic N) is 2. The number of benzene rings is 5. The number of hydrogen-bond donors (Lipinski definition) is 2. The van der Waals surface area contributed by atoms with E-state index in [-0.39, 0.29) is 24.0 Å². The number of halogens is 2. The van der Waals surface area contributed by atoms with Crippen LogP contribution >= 0.6 is 22.6 Å². The van der Waals surface area contributed by atoms with Crippen LogP contribution in [0.25, 0.3) is 22.3 Å². The first-order valence-electron chi connectivity index (χ1n) is 18.6. The maximum Gasteiger partial charge on any atom is 0.414 e. The molecule has 1 aliphatic rings. The van der Waals surface area contributed by atoms with Crippen molar-refractivity contribution in [3.8, 4) is 22.3 Å². The van der Waals surface area contributed by atoms with Gasteiger partial charge in [0.25, 0.3) is 0 Å². The molecular formula is C46H46FIN4O7. The maximum atomic E-state index is 14.9. The van der Waals surface area contributed by atoms with Crippen molar-refractivity contribution >= 4 is 52.4 Å². The molecule has 0 radical (unpaired) electrons. The molecule has 1 fully saturated rings. The van der Waals surface area contributed by atoms with Gasteiger partial charge in [-0.1, -0.05) is 121 Å². The number of methoxy groups -OCH3 is 1. The summed E-state index contributed by atoms with van der Waals surface area (Å²) in [5.74, 6) is -0.850. The molecule has 2 amide bonds. The van der Waals surface area contributed by atoms with E-state index < -0.39 is 35.4 Å². The van der Waals surface area contributed by atoms with Crippen molar-refractivity contribution in [2.24, 2.45) is 4.99 Å². The fourth-order valence-electron chi connectivity index (χ4n) is 6.09. The van der Waals surface area contributed by atoms with Gasteiger partial charge in [0.05, 0.1) is 12.2 Å². The highest BCUT2D eigenvalue weighted by atomic mass is 127. The summed E-state index contributed by atoms with van der Waals surface area (Å²) in [5, 5.41) is 5.48. The second-order valence-electron chi connectivity index (χ2n) is 14.4. The van der Waals surface area contributed by atoms with E-state index >= 15 is 0 Å². The Bertz CT molecular complexity index is 2140. The summed E-state index contributed by atoms with van der Waals surface area (Å²) in [6, 6.07) is 39.9. The zero-order chi connectivity index (χ0) is 42.6. The third-order valence-electron chi connectivity index (χ3n) is 9.12. The Labute approximate surface area is 357 Å². The Morgan fingerprint density at radius 2 is 1.12 bits per heavy atom. The van der Waals surface area contributed by atoms with Gasteiger partial charge in [0, 0.05) is 18.3 Å². The molecule has 6 rings (SSSR count). The molecule has 0 spiro atoms. The van der Waals surface area contributed by atoms with Gasteiger partial charge in [-0.3, -0.25) is 10.6 Å². The van der Waals surface area contributed by atoms with Gasteiger partial charge in [-0.25, -0.2) is 19.4 Å². The minimum Gasteiger partial charge on any atom is -0.438 e. The van der Waals surface area contributed by atoms with E-state index in [0.29, 0.717) is 10.7 Å². The van der Waals surface area contributed by atoms with Gasteiger partial charge in [0.15, 0.2) is 6.04 Å². The number of nitrogens with one attached hydrogen (secondary N) is 2. The molecule has 0 aliphatic carbocycles. The number of guanidine groups is 1. The Hall–Kier alpha value is -5.90. The standard InChI is InChI=1S/C44H40FIN4O6.C2H6O/c1-43(2,34-21-15-31(16-22-34)29-11-7-5-8-12-29)55-41(52)48-40(47-36-25-19-33(20-26-36)38-39(51)54-37(27-46)28-50(38)45)49-42(53)56-44(3,4)35-23-17-32(18-24-35)30-13-9-6-10-14-30;1-3-2/h5-27,38H,28H2,1-4H3,(H2,47,48,49,52,53);1-2H3/b37-27+;. The summed E-state index contributed by atoms with van der Waals surface area (Å²) >= 11 is 1.88. The SMILES string of the molecule is CC(C)(OC(=O)NC(=Nc1ccc(C2C(=O)O/C(=C/I)CN2F)cc1)NC(=O)OC(C)(C)c1ccc(-c2ccccc2)cc1)c1ccc(-c2ccccc2)cc1.COC. The van der Waals surface area contributed by atoms with E-state index in [1.165, 1.54) is 28.3 Å². The topological polar surface area (TPSA) is 128 Å². The first-order chi connectivity index (χ1) is 28.2. The van der Waals surface area contributed by atoms with E-state index in [0.717, 1.165) is 33.4 Å². The predicted molar refractivity (Wildman–Crippen MR) is 234 cm³/mol. The smallest absolute Gasteiger partial charge is 0.414 e. The number of ether oxygens (including phenoxy) is 4. The molecule has 5 aromatic carbocycles. The van der Waals surface area contributed by atoms with Crippen LogP contribution in [0, 0.1) is 0 Å². The number of carbonyl (C=O) groups is 3. The number of esters is 1. The Morgan fingerprint density at radius 3 is 1.51 bits per heavy atom. The highest BCUT2D eigenvalue weighted by molar-refractivity contribution is 14.1. The summed E-state index contributed by atoms with van der Waals surface area (Å²) in [4.78, 5) is 43.9. The Kier molecular flexibility index (Phi) is 15.1. The van der Waals surface area contributed by atoms with Crippen LogP contribution < -0.4 is 10.6 Å². The second kappa shape index (κ2) is 20.2. The number of alkyl carbamates (subject to hydrolysis) is 2. The molecule has 1 atom stereocenters. The minimum absolute atomic E-state index is 0.192. The number of rotatable bonds is 8. The lowest BCUT2D eigenvalue weighted by molar-refractivity contribution is -0.164. The number of hydrogen-bond acceptors (Lipinski definition) is 9. The van der Waals surface area contributed by atoms with Crippen molar-refractivity contribution in [1.82, 2.24) is 15.8 Å². The normalized spacial score (nSPS) is 14.9. The molecule has 0 aromatic heterocycles. The van der Waals surface area contributed by atoms with E-state index in [1.807, 2.05) is 132 Å². The quantitative estimate of drug-likeness (QED) is 0.0393. The van der Waals surface area contributed by atoms with Crippen molar-refractivity contribution in [2.45, 2.75) is 44.9 Å². The van der Waals surface area contributed by atoms with Crippen molar-refractivity contribution in [3.63, 3.8) is 0 Å². The number of carbonyl (C=O) groups excluding carboxylic acids is 3. The highest BCUT2D eigenvalue weighted by Crippen LogP contribution is 2.32. The van der Waals surface area contributed by atoms with Crippen molar-refractivity contribution in [2.75, 3.05) is 20.8 Å². The van der Waals surface area contributed by atoms with Crippen LogP contribution in [-0.2, 0) is 34.9 Å². The molecule has 0 bridgehead atoms. The molecule has 1 aliphatic heterocycles. The molecule has 1 unspecified atom stereocenters. The summed E-state index contributed by atoms with van der Waals surface area (Å²) in [7, 11) is 3.25. The molecule has 13 heteroatoms. The van der Waals surface area contributed by atoms with Crippen LogP contribution in [0.15, 0.2) is 148 Å². The number of aliphatic imine (C=N–C) groups is 1. The molecule has 2 N–H and O–H groups in total. The lowest BCUT2D eigenvalue weighted by atomic mass is 9.95. The van der Waals surface area contributed by atoms with E-state index in [1.54, 1.807) is 41.9 Å². The third-order valence-corrected chi connectivity index (χ3v) is 9.82. The average Bonchev–Trinajstić information content (AvgIpc) is 3.21. The van der Waals surface area contributed by atoms with Gasteiger partial charge in [-0.2, -0.15) is 0 Å². The van der Waals surface area contributed by atoms with Crippen molar-refractivity contribution in [3.05, 3.63) is 160 Å². The zero-order valence-corrected chi connectivity index (χ0v) is 35.7. The predicted octanol–water partition coefficient (Wildman–Crippen LogP) is 10.7. The van der Waals surface area contributed by atoms with E-state index in [2.05, 4.69) is 20.4 Å². The zero-order valence-electron chi connectivity index (χ0n) is 33.6. The number of amides is 2. The third kappa shape index (κ3) is 12.1. The highest BCUT2D eigenvalue weighted by Gasteiger charge is 2.36. The number of cyclic esters (lactones) is 1. The van der Waals surface area contributed by atoms with Gasteiger partial charge >= 0.3 is 18.2 Å². The van der Waals surface area contributed by atoms with E-state index in [4.69, 9.17) is 14.2 Å². The number of morpholine rings is 1. The van der Waals surface area contributed by atoms with Gasteiger partial charge < -0.3 is 18.9 Å². The molecule has 5 aromatic rings. The second-order valence-corrected chi connectivity index (χ2v) is 15.0. The van der Waals surface area contributed by atoms with E-state index in [9.17, 15) is 18.9 Å². The first kappa shape index (κ1) is 44.2. The molecule has 306 valence electrons. The molecule has 0 saturated carbocycles. The van der Waals surface area contributed by atoms with Crippen LogP contribution in [0.5, 0.6) is 0 Å². The molecule has 11 nitrogen and oxygen atoms in total. The first-order valence-corrected chi connectivity index (χ1v) is 19.8. The Balaban J connectivity index is 0.00000214. The van der Waals surface area contributed by atoms with Gasteiger partial charge in [0.2, 0.25) is 5.96 Å². The Morgan fingerprint density at radius 1 is 0.712 bits per heavy atom. The van der Waals surface area contributed by atoms with Gasteiger partial charge in [0.1, 0.15) is 17.0 Å². The van der Waals surface area contributed by atoms with Crippen LogP contribution in [0.2, 0.25) is 0 Å². The lowest BCUT2D eigenvalue weighted by Crippen LogP contribution is -2.47. The average molecular weight is 913 g/mol. The fourth-order valence-corrected chi connectivity index (χ4v) is 6.41. The van der Waals surface area contributed by atoms with Crippen LogP contribution in [0.1, 0.15) is 50.4 Å². The lowest BCUT2D eigenvalue weighted by Gasteiger charge is -2.28. The largest absolute Gasteiger partial charge is 0.438 e. The summed E-state index contributed by atoms with van der Waals surface area (Å²) < 4.78 is 37.6. The van der Waals surface area contributed by atoms with Crippen LogP contribution in [0.4, 0.5) is 19.8 Å². The monoisotopic (exact) mass is 912 g/mol. The van der Waals surface area contributed by atoms with Crippen molar-refractivity contribution in [1.29, 1.82) is 0 Å². The molecule has 59 heavy (non-hydrogen) atoms. The minimum atomic E-state index is -1.28. The maximum absolute atomic E-state index is 14.9. The molecule has 1 heterocycles. The van der Waals surface area contributed by atoms with Gasteiger partial charge in [-0.05, 0) is 101 Å². The summed E-state index contributed by atoms with van der Waals surface area (Å²) in [6.07, 6.45) is -1.79. The van der Waals surface area contributed by atoms with Crippen LogP contribution in [0.3, 0.4) is 0 Å². The molecular weight excluding hydrogens is 866 g/mol. The fraction of sp³-hybridized carbons (Fsp3) is 0.217. The summed E-state index contributed by atoms with van der Waals surface area (Å²) in [5.41, 5.74) is 4.01. The van der Waals surface area contributed by atoms with Gasteiger partial charge in [-0.15, -0.1) is 9.60 Å².